The maximum Gasteiger partial charge on any atom is 0.313 e. The van der Waals surface area contributed by atoms with Gasteiger partial charge in [0.05, 0.1) is 17.9 Å². The number of hydrogen-bond acceptors (Lipinski definition) is 5. The minimum Gasteiger partial charge on any atom is -0.481 e. The lowest BCUT2D eigenvalue weighted by atomic mass is 9.80. The van der Waals surface area contributed by atoms with Crippen LogP contribution in [0.3, 0.4) is 0 Å². The first-order valence-electron chi connectivity index (χ1n) is 6.92. The highest BCUT2D eigenvalue weighted by Gasteiger charge is 2.38. The first-order valence-corrected chi connectivity index (χ1v) is 7.90. The third kappa shape index (κ3) is 3.32. The van der Waals surface area contributed by atoms with Gasteiger partial charge in [-0.05, 0) is 25.7 Å². The Morgan fingerprint density at radius 2 is 2.25 bits per heavy atom. The second kappa shape index (κ2) is 6.58. The van der Waals surface area contributed by atoms with Gasteiger partial charge in [-0.15, -0.1) is 10.2 Å². The first-order chi connectivity index (χ1) is 9.60. The molecular formula is C13H21N3O3S. The fraction of sp³-hybridized carbons (Fsp3) is 0.769. The summed E-state index contributed by atoms with van der Waals surface area (Å²) in [7, 11) is 1.74. The van der Waals surface area contributed by atoms with Crippen LogP contribution < -0.4 is 0 Å². The molecule has 0 aromatic carbocycles. The van der Waals surface area contributed by atoms with Crippen molar-refractivity contribution in [2.24, 2.45) is 0 Å². The molecule has 20 heavy (non-hydrogen) atoms. The highest BCUT2D eigenvalue weighted by molar-refractivity contribution is 7.99. The zero-order valence-electron chi connectivity index (χ0n) is 12.0. The van der Waals surface area contributed by atoms with E-state index >= 15 is 0 Å². The van der Waals surface area contributed by atoms with Gasteiger partial charge in [0.25, 0.3) is 0 Å². The van der Waals surface area contributed by atoms with Crippen LogP contribution in [-0.2, 0) is 22.5 Å². The highest BCUT2D eigenvalue weighted by atomic mass is 32.2. The van der Waals surface area contributed by atoms with Gasteiger partial charge in [-0.1, -0.05) is 18.7 Å². The zero-order chi connectivity index (χ0) is 14.6. The Morgan fingerprint density at radius 1 is 1.50 bits per heavy atom. The second-order valence-electron chi connectivity index (χ2n) is 5.16. The molecule has 0 saturated heterocycles. The molecule has 0 bridgehead atoms. The van der Waals surface area contributed by atoms with E-state index in [1.54, 1.807) is 7.11 Å². The summed E-state index contributed by atoms with van der Waals surface area (Å²) < 4.78 is 7.70. The predicted octanol–water partition coefficient (Wildman–Crippen LogP) is 1.98. The minimum absolute atomic E-state index is 0.00421. The number of carboxylic acid groups (broad SMARTS) is 1. The normalized spacial score (nSPS) is 16.9. The number of ether oxygens (including phenoxy) is 1. The van der Waals surface area contributed by atoms with Crippen LogP contribution in [0.15, 0.2) is 5.16 Å². The Kier molecular flexibility index (Phi) is 5.04. The summed E-state index contributed by atoms with van der Waals surface area (Å²) in [4.78, 5) is 10.7. The fourth-order valence-corrected chi connectivity index (χ4v) is 3.08. The summed E-state index contributed by atoms with van der Waals surface area (Å²) >= 11 is 1.22. The lowest BCUT2D eigenvalue weighted by Gasteiger charge is -2.41. The molecule has 1 aromatic rings. The number of carboxylic acids is 1. The fourth-order valence-electron chi connectivity index (χ4n) is 2.41. The molecule has 1 aliphatic rings. The molecule has 1 fully saturated rings. The largest absolute Gasteiger partial charge is 0.481 e. The molecular weight excluding hydrogens is 278 g/mol. The summed E-state index contributed by atoms with van der Waals surface area (Å²) in [6.45, 7) is 2.81. The third-order valence-electron chi connectivity index (χ3n) is 3.74. The summed E-state index contributed by atoms with van der Waals surface area (Å²) in [6, 6.07) is 0. The molecule has 7 heteroatoms. The Hall–Kier alpha value is -1.08. The predicted molar refractivity (Wildman–Crippen MR) is 76.0 cm³/mol. The topological polar surface area (TPSA) is 77.2 Å². The van der Waals surface area contributed by atoms with E-state index in [9.17, 15) is 4.79 Å². The average Bonchev–Trinajstić information content (AvgIpc) is 2.74. The number of aromatic nitrogens is 3. The molecule has 0 unspecified atom stereocenters. The van der Waals surface area contributed by atoms with Gasteiger partial charge in [-0.2, -0.15) is 0 Å². The number of aryl methyl sites for hydroxylation is 1. The van der Waals surface area contributed by atoms with Crippen molar-refractivity contribution in [3.63, 3.8) is 0 Å². The summed E-state index contributed by atoms with van der Waals surface area (Å²) in [5, 5.41) is 17.8. The number of rotatable bonds is 8. The summed E-state index contributed by atoms with van der Waals surface area (Å²) in [6.07, 6.45) is 5.09. The molecule has 1 saturated carbocycles. The Labute approximate surface area is 122 Å². The van der Waals surface area contributed by atoms with E-state index in [1.807, 2.05) is 4.57 Å². The molecule has 0 amide bonds. The van der Waals surface area contributed by atoms with Crippen molar-refractivity contribution in [1.29, 1.82) is 0 Å². The Bertz CT molecular complexity index is 466. The van der Waals surface area contributed by atoms with Crippen LogP contribution in [0.4, 0.5) is 0 Å². The lowest BCUT2D eigenvalue weighted by molar-refractivity contribution is -0.133. The van der Waals surface area contributed by atoms with Crippen LogP contribution in [0.5, 0.6) is 0 Å². The number of thioether (sulfide) groups is 1. The SMILES string of the molecule is CCCc1nnc(SCC(=O)O)n1CC1(OC)CCC1. The van der Waals surface area contributed by atoms with Crippen molar-refractivity contribution in [2.75, 3.05) is 12.9 Å². The smallest absolute Gasteiger partial charge is 0.313 e. The molecule has 0 spiro atoms. The monoisotopic (exact) mass is 299 g/mol. The van der Waals surface area contributed by atoms with Crippen molar-refractivity contribution in [2.45, 2.75) is 56.3 Å². The number of hydrogen-bond donors (Lipinski definition) is 1. The van der Waals surface area contributed by atoms with Crippen molar-refractivity contribution < 1.29 is 14.6 Å². The van der Waals surface area contributed by atoms with Gasteiger partial charge in [0, 0.05) is 13.5 Å². The van der Waals surface area contributed by atoms with Gasteiger partial charge in [-0.25, -0.2) is 0 Å². The number of nitrogens with zero attached hydrogens (tertiary/aromatic N) is 3. The van der Waals surface area contributed by atoms with E-state index in [-0.39, 0.29) is 11.4 Å². The number of aliphatic carboxylic acids is 1. The molecule has 1 aromatic heterocycles. The van der Waals surface area contributed by atoms with E-state index in [0.717, 1.165) is 31.5 Å². The molecule has 0 aliphatic heterocycles. The van der Waals surface area contributed by atoms with Crippen molar-refractivity contribution in [3.05, 3.63) is 5.82 Å². The zero-order valence-corrected chi connectivity index (χ0v) is 12.8. The number of methoxy groups -OCH3 is 1. The molecule has 0 atom stereocenters. The molecule has 1 N–H and O–H groups in total. The molecule has 112 valence electrons. The maximum absolute atomic E-state index is 10.7. The Balaban J connectivity index is 2.17. The van der Waals surface area contributed by atoms with Gasteiger partial charge >= 0.3 is 5.97 Å². The van der Waals surface area contributed by atoms with Crippen LogP contribution in [0.25, 0.3) is 0 Å². The number of carbonyl (C=O) groups is 1. The van der Waals surface area contributed by atoms with E-state index < -0.39 is 5.97 Å². The van der Waals surface area contributed by atoms with E-state index in [4.69, 9.17) is 9.84 Å². The van der Waals surface area contributed by atoms with Gasteiger partial charge in [0.1, 0.15) is 5.82 Å². The highest BCUT2D eigenvalue weighted by Crippen LogP contribution is 2.37. The first kappa shape index (κ1) is 15.3. The molecule has 0 radical (unpaired) electrons. The van der Waals surface area contributed by atoms with Gasteiger partial charge in [0.2, 0.25) is 0 Å². The third-order valence-corrected chi connectivity index (χ3v) is 4.69. The van der Waals surface area contributed by atoms with Gasteiger partial charge in [0.15, 0.2) is 5.16 Å². The average molecular weight is 299 g/mol. The molecule has 1 aliphatic carbocycles. The molecule has 1 heterocycles. The maximum atomic E-state index is 10.7. The summed E-state index contributed by atoms with van der Waals surface area (Å²) in [5.41, 5.74) is -0.122. The van der Waals surface area contributed by atoms with Crippen molar-refractivity contribution in [1.82, 2.24) is 14.8 Å². The van der Waals surface area contributed by atoms with Crippen molar-refractivity contribution in [3.8, 4) is 0 Å². The van der Waals surface area contributed by atoms with Crippen molar-refractivity contribution >= 4 is 17.7 Å². The lowest BCUT2D eigenvalue weighted by Crippen LogP contribution is -2.43. The van der Waals surface area contributed by atoms with Crippen LogP contribution in [0.1, 0.15) is 38.4 Å². The quantitative estimate of drug-likeness (QED) is 0.740. The van der Waals surface area contributed by atoms with Crippen LogP contribution in [0, 0.1) is 0 Å². The Morgan fingerprint density at radius 3 is 2.75 bits per heavy atom. The minimum atomic E-state index is -0.841. The van der Waals surface area contributed by atoms with Crippen LogP contribution in [0.2, 0.25) is 0 Å². The molecule has 2 rings (SSSR count). The van der Waals surface area contributed by atoms with Gasteiger partial charge in [-0.3, -0.25) is 4.79 Å². The van der Waals surface area contributed by atoms with E-state index in [2.05, 4.69) is 17.1 Å². The van der Waals surface area contributed by atoms with Crippen LogP contribution in [-0.4, -0.2) is 44.3 Å². The standard InChI is InChI=1S/C13H21N3O3S/c1-3-5-10-14-15-12(20-8-11(17)18)16(10)9-13(19-2)6-4-7-13/h3-9H2,1-2H3,(H,17,18). The summed E-state index contributed by atoms with van der Waals surface area (Å²) in [5.74, 6) is 0.0833. The molecule has 6 nitrogen and oxygen atoms in total. The second-order valence-corrected chi connectivity index (χ2v) is 6.10. The van der Waals surface area contributed by atoms with E-state index in [1.165, 1.54) is 18.2 Å². The van der Waals surface area contributed by atoms with Gasteiger partial charge < -0.3 is 14.4 Å². The van der Waals surface area contributed by atoms with Crippen LogP contribution >= 0.6 is 11.8 Å². The van der Waals surface area contributed by atoms with E-state index in [0.29, 0.717) is 11.7 Å².